The summed E-state index contributed by atoms with van der Waals surface area (Å²) in [6.07, 6.45) is 0.263. The Balaban J connectivity index is 1.36. The van der Waals surface area contributed by atoms with Crippen LogP contribution in [0.3, 0.4) is 0 Å². The van der Waals surface area contributed by atoms with E-state index in [9.17, 15) is 4.79 Å². The van der Waals surface area contributed by atoms with Gasteiger partial charge in [0.1, 0.15) is 6.61 Å². The van der Waals surface area contributed by atoms with Gasteiger partial charge in [-0.1, -0.05) is 53.7 Å². The van der Waals surface area contributed by atoms with E-state index in [2.05, 4.69) is 15.5 Å². The molecule has 0 bridgehead atoms. The number of hydrogen-bond donors (Lipinski definition) is 1. The average molecular weight is 487 g/mol. The summed E-state index contributed by atoms with van der Waals surface area (Å²) in [7, 11) is 5.57. The fraction of sp³-hybridized carbons (Fsp3) is 0.250. The van der Waals surface area contributed by atoms with Crippen LogP contribution < -0.4 is 14.8 Å². The third kappa shape index (κ3) is 6.49. The predicted molar refractivity (Wildman–Crippen MR) is 139 cm³/mol. The zero-order valence-corrected chi connectivity index (χ0v) is 20.9. The van der Waals surface area contributed by atoms with E-state index in [1.807, 2.05) is 67.5 Å². The van der Waals surface area contributed by atoms with Crippen molar-refractivity contribution < 1.29 is 18.8 Å². The summed E-state index contributed by atoms with van der Waals surface area (Å²) >= 11 is 0. The van der Waals surface area contributed by atoms with Gasteiger partial charge in [-0.3, -0.25) is 4.79 Å². The maximum Gasteiger partial charge on any atom is 0.228 e. The number of likely N-dealkylation sites (N-methyl/N-ethyl adjacent to an activating group) is 1. The maximum absolute atomic E-state index is 12.7. The molecule has 1 heterocycles. The number of amides is 1. The Morgan fingerprint density at radius 2 is 1.61 bits per heavy atom. The molecule has 4 aromatic rings. The molecule has 8 nitrogen and oxygen atoms in total. The lowest BCUT2D eigenvalue weighted by Gasteiger charge is -2.15. The van der Waals surface area contributed by atoms with E-state index in [-0.39, 0.29) is 12.3 Å². The second-order valence-corrected chi connectivity index (χ2v) is 8.65. The molecule has 1 N–H and O–H groups in total. The minimum atomic E-state index is -0.105. The van der Waals surface area contributed by atoms with E-state index in [1.165, 1.54) is 0 Å². The topological polar surface area (TPSA) is 89.7 Å². The van der Waals surface area contributed by atoms with Gasteiger partial charge in [0.2, 0.25) is 17.6 Å². The average Bonchev–Trinajstić information content (AvgIpc) is 3.31. The number of methoxy groups -OCH3 is 1. The molecule has 4 rings (SSSR count). The largest absolute Gasteiger partial charge is 0.493 e. The minimum absolute atomic E-state index is 0.105. The number of carbonyl (C=O) groups excluding carboxylic acids is 1. The highest BCUT2D eigenvalue weighted by Crippen LogP contribution is 2.30. The number of hydrogen-bond acceptors (Lipinski definition) is 7. The van der Waals surface area contributed by atoms with Crippen molar-refractivity contribution in [2.75, 3.05) is 39.7 Å². The summed E-state index contributed by atoms with van der Waals surface area (Å²) in [6, 6.07) is 21.3. The highest BCUT2D eigenvalue weighted by molar-refractivity contribution is 5.92. The molecule has 0 atom stereocenters. The highest BCUT2D eigenvalue weighted by Gasteiger charge is 2.10. The minimum Gasteiger partial charge on any atom is -0.493 e. The van der Waals surface area contributed by atoms with Gasteiger partial charge in [0.25, 0.3) is 0 Å². The Bertz CT molecular complexity index is 1300. The first-order valence-corrected chi connectivity index (χ1v) is 11.7. The Morgan fingerprint density at radius 1 is 0.944 bits per heavy atom. The van der Waals surface area contributed by atoms with Gasteiger partial charge in [0.15, 0.2) is 11.5 Å². The zero-order chi connectivity index (χ0) is 25.5. The normalized spacial score (nSPS) is 10.9. The molecule has 1 aromatic heterocycles. The van der Waals surface area contributed by atoms with Crippen molar-refractivity contribution in [3.8, 4) is 34.0 Å². The van der Waals surface area contributed by atoms with Crippen molar-refractivity contribution in [1.29, 1.82) is 0 Å². The van der Waals surface area contributed by atoms with Crippen LogP contribution in [0.2, 0.25) is 0 Å². The molecule has 0 spiro atoms. The number of nitrogens with one attached hydrogen (secondary N) is 1. The zero-order valence-electron chi connectivity index (χ0n) is 20.9. The van der Waals surface area contributed by atoms with Crippen LogP contribution >= 0.6 is 0 Å². The van der Waals surface area contributed by atoms with Gasteiger partial charge in [0.05, 0.1) is 13.5 Å². The number of carbonyl (C=O) groups is 1. The molecule has 0 saturated carbocycles. The molecule has 0 fully saturated rings. The number of aromatic nitrogens is 2. The van der Waals surface area contributed by atoms with E-state index >= 15 is 0 Å². The predicted octanol–water partition coefficient (Wildman–Crippen LogP) is 4.84. The van der Waals surface area contributed by atoms with Crippen molar-refractivity contribution in [1.82, 2.24) is 15.0 Å². The van der Waals surface area contributed by atoms with Crippen LogP contribution in [-0.2, 0) is 11.2 Å². The van der Waals surface area contributed by atoms with Crippen molar-refractivity contribution >= 4 is 11.6 Å². The number of aryl methyl sites for hydroxylation is 1. The third-order valence-electron chi connectivity index (χ3n) is 5.57. The first kappa shape index (κ1) is 24.9. The van der Waals surface area contributed by atoms with Crippen LogP contribution in [-0.4, -0.2) is 55.3 Å². The molecule has 186 valence electrons. The van der Waals surface area contributed by atoms with Gasteiger partial charge in [-0.25, -0.2) is 0 Å². The first-order valence-electron chi connectivity index (χ1n) is 11.7. The van der Waals surface area contributed by atoms with Crippen molar-refractivity contribution in [3.63, 3.8) is 0 Å². The molecule has 1 amide bonds. The lowest BCUT2D eigenvalue weighted by atomic mass is 10.0. The molecule has 0 aliphatic rings. The van der Waals surface area contributed by atoms with Crippen LogP contribution in [0.4, 0.5) is 5.69 Å². The lowest BCUT2D eigenvalue weighted by molar-refractivity contribution is -0.115. The smallest absolute Gasteiger partial charge is 0.228 e. The van der Waals surface area contributed by atoms with Gasteiger partial charge in [-0.05, 0) is 42.9 Å². The number of nitrogens with zero attached hydrogens (tertiary/aromatic N) is 3. The summed E-state index contributed by atoms with van der Waals surface area (Å²) < 4.78 is 16.3. The van der Waals surface area contributed by atoms with E-state index in [0.717, 1.165) is 28.8 Å². The Hall–Kier alpha value is -4.17. The molecule has 0 aliphatic heterocycles. The first-order chi connectivity index (χ1) is 17.4. The SMILES string of the molecule is COc1ccc(NC(=O)Cc2ccc(-c3ccc(-c4noc(C)n4)cc3)cc2)cc1OCCN(C)C. The molecule has 3 aromatic carbocycles. The number of rotatable bonds is 10. The highest BCUT2D eigenvalue weighted by atomic mass is 16.5. The van der Waals surface area contributed by atoms with Gasteiger partial charge in [-0.15, -0.1) is 0 Å². The summed E-state index contributed by atoms with van der Waals surface area (Å²) in [4.78, 5) is 19.0. The molecule has 0 saturated heterocycles. The van der Waals surface area contributed by atoms with Gasteiger partial charge in [0, 0.05) is 30.8 Å². The van der Waals surface area contributed by atoms with E-state index in [0.29, 0.717) is 35.5 Å². The Morgan fingerprint density at radius 3 is 2.22 bits per heavy atom. The van der Waals surface area contributed by atoms with Gasteiger partial charge >= 0.3 is 0 Å². The molecule has 0 radical (unpaired) electrons. The van der Waals surface area contributed by atoms with Crippen LogP contribution in [0, 0.1) is 6.92 Å². The van der Waals surface area contributed by atoms with E-state index in [4.69, 9.17) is 14.0 Å². The van der Waals surface area contributed by atoms with Crippen LogP contribution in [0.25, 0.3) is 22.5 Å². The second kappa shape index (κ2) is 11.5. The van der Waals surface area contributed by atoms with Crippen molar-refractivity contribution in [3.05, 3.63) is 78.2 Å². The molecular formula is C28H30N4O4. The second-order valence-electron chi connectivity index (χ2n) is 8.65. The standard InChI is InChI=1S/C28H30N4O4/c1-19-29-28(31-36-19)23-11-9-22(10-12-23)21-7-5-20(6-8-21)17-27(33)30-24-13-14-25(34-4)26(18-24)35-16-15-32(2)3/h5-14,18H,15-17H2,1-4H3,(H,30,33). The van der Waals surface area contributed by atoms with E-state index < -0.39 is 0 Å². The molecule has 0 aliphatic carbocycles. The number of anilines is 1. The van der Waals surface area contributed by atoms with Crippen molar-refractivity contribution in [2.45, 2.75) is 13.3 Å². The summed E-state index contributed by atoms with van der Waals surface area (Å²) in [5.41, 5.74) is 4.61. The Kier molecular flexibility index (Phi) is 7.97. The summed E-state index contributed by atoms with van der Waals surface area (Å²) in [5.74, 6) is 2.23. The molecule has 0 unspecified atom stereocenters. The molecular weight excluding hydrogens is 456 g/mol. The van der Waals surface area contributed by atoms with Crippen LogP contribution in [0.1, 0.15) is 11.5 Å². The maximum atomic E-state index is 12.7. The lowest BCUT2D eigenvalue weighted by Crippen LogP contribution is -2.19. The number of benzene rings is 3. The van der Waals surface area contributed by atoms with Crippen LogP contribution in [0.15, 0.2) is 71.3 Å². The summed E-state index contributed by atoms with van der Waals surface area (Å²) in [6.45, 7) is 3.06. The molecule has 8 heteroatoms. The molecule has 36 heavy (non-hydrogen) atoms. The van der Waals surface area contributed by atoms with Gasteiger partial charge in [-0.2, -0.15) is 4.98 Å². The monoisotopic (exact) mass is 486 g/mol. The third-order valence-corrected chi connectivity index (χ3v) is 5.57. The van der Waals surface area contributed by atoms with E-state index in [1.54, 1.807) is 32.2 Å². The fourth-order valence-electron chi connectivity index (χ4n) is 3.64. The van der Waals surface area contributed by atoms with Crippen LogP contribution in [0.5, 0.6) is 11.5 Å². The fourth-order valence-corrected chi connectivity index (χ4v) is 3.64. The summed E-state index contributed by atoms with van der Waals surface area (Å²) in [5, 5.41) is 6.90. The van der Waals surface area contributed by atoms with Crippen molar-refractivity contribution in [2.24, 2.45) is 0 Å². The van der Waals surface area contributed by atoms with Gasteiger partial charge < -0.3 is 24.2 Å². The quantitative estimate of drug-likeness (QED) is 0.343. The Labute approximate surface area is 210 Å². The number of ether oxygens (including phenoxy) is 2.